The van der Waals surface area contributed by atoms with Crippen molar-refractivity contribution >= 4 is 5.78 Å². The van der Waals surface area contributed by atoms with Crippen LogP contribution in [0.2, 0.25) is 0 Å². The van der Waals surface area contributed by atoms with Gasteiger partial charge in [-0.15, -0.1) is 0 Å². The molecule has 0 aromatic heterocycles. The molecule has 0 aromatic rings. The highest BCUT2D eigenvalue weighted by Crippen LogP contribution is 1.98. The number of nitrogens with one attached hydrogen (secondary N) is 1. The third-order valence-corrected chi connectivity index (χ3v) is 2.25. The Labute approximate surface area is 79.3 Å². The van der Waals surface area contributed by atoms with Gasteiger partial charge in [-0.1, -0.05) is 0 Å². The first-order valence-corrected chi connectivity index (χ1v) is 4.91. The molecular weight excluding hydrogens is 166 g/mol. The Balaban J connectivity index is 1.96. The Morgan fingerprint density at radius 1 is 1.54 bits per heavy atom. The van der Waals surface area contributed by atoms with Gasteiger partial charge in [-0.05, 0) is 13.0 Å². The number of hydrogen-bond donors (Lipinski definition) is 2. The fourth-order valence-corrected chi connectivity index (χ4v) is 1.45. The number of hydrogen-bond acceptors (Lipinski definition) is 3. The molecule has 1 fully saturated rings. The van der Waals surface area contributed by atoms with Crippen LogP contribution in [0, 0.1) is 0 Å². The van der Waals surface area contributed by atoms with Crippen molar-refractivity contribution in [1.82, 2.24) is 10.6 Å². The largest absolute Gasteiger partial charge is 0.330 e. The monoisotopic (exact) mass is 184 g/mol. The molecule has 4 nitrogen and oxygen atoms in total. The topological polar surface area (TPSA) is 69.2 Å². The Morgan fingerprint density at radius 2 is 2.38 bits per heavy atom. The Hall–Kier alpha value is -0.450. The summed E-state index contributed by atoms with van der Waals surface area (Å²) in [5.74, 6) is 0.255. The van der Waals surface area contributed by atoms with Gasteiger partial charge in [0.05, 0.1) is 0 Å². The molecule has 1 rings (SSSR count). The van der Waals surface area contributed by atoms with Crippen LogP contribution in [0.3, 0.4) is 0 Å². The quantitative estimate of drug-likeness (QED) is 0.571. The standard InChI is InChI=1S/C9H18N3O/c10-4-1-9(13)3-6-12-8-2-5-11-7-8/h8,12H,1-7,10H2. The summed E-state index contributed by atoms with van der Waals surface area (Å²) in [7, 11) is 0. The minimum absolute atomic E-state index is 0.255. The van der Waals surface area contributed by atoms with Gasteiger partial charge in [0.15, 0.2) is 0 Å². The van der Waals surface area contributed by atoms with Crippen molar-refractivity contribution in [3.8, 4) is 0 Å². The van der Waals surface area contributed by atoms with E-state index in [4.69, 9.17) is 5.73 Å². The van der Waals surface area contributed by atoms with Gasteiger partial charge in [0.1, 0.15) is 5.78 Å². The molecule has 1 aliphatic heterocycles. The number of ketones is 1. The van der Waals surface area contributed by atoms with Crippen molar-refractivity contribution in [1.29, 1.82) is 0 Å². The van der Waals surface area contributed by atoms with Gasteiger partial charge < -0.3 is 11.1 Å². The first-order chi connectivity index (χ1) is 6.33. The molecule has 0 spiro atoms. The second-order valence-electron chi connectivity index (χ2n) is 3.40. The van der Waals surface area contributed by atoms with Crippen LogP contribution >= 0.6 is 0 Å². The number of carbonyl (C=O) groups is 1. The number of carbonyl (C=O) groups excluding carboxylic acids is 1. The molecule has 1 saturated heterocycles. The lowest BCUT2D eigenvalue weighted by Crippen LogP contribution is -2.31. The first-order valence-electron chi connectivity index (χ1n) is 4.91. The molecule has 0 aromatic carbocycles. The van der Waals surface area contributed by atoms with E-state index < -0.39 is 0 Å². The zero-order valence-electron chi connectivity index (χ0n) is 7.96. The van der Waals surface area contributed by atoms with Crippen LogP contribution in [0.25, 0.3) is 0 Å². The fourth-order valence-electron chi connectivity index (χ4n) is 1.45. The van der Waals surface area contributed by atoms with Gasteiger partial charge in [0, 0.05) is 38.5 Å². The van der Waals surface area contributed by atoms with Crippen LogP contribution in [-0.2, 0) is 4.79 Å². The molecular formula is C9H18N3O. The smallest absolute Gasteiger partial charge is 0.135 e. The van der Waals surface area contributed by atoms with E-state index in [0.29, 0.717) is 25.4 Å². The molecule has 0 aliphatic carbocycles. The zero-order valence-corrected chi connectivity index (χ0v) is 7.96. The second-order valence-corrected chi connectivity index (χ2v) is 3.40. The maximum atomic E-state index is 11.1. The van der Waals surface area contributed by atoms with Gasteiger partial charge in [0.2, 0.25) is 0 Å². The van der Waals surface area contributed by atoms with E-state index in [-0.39, 0.29) is 5.78 Å². The molecule has 1 heterocycles. The lowest BCUT2D eigenvalue weighted by molar-refractivity contribution is -0.118. The van der Waals surface area contributed by atoms with Crippen molar-refractivity contribution in [2.45, 2.75) is 25.3 Å². The number of nitrogens with zero attached hydrogens (tertiary/aromatic N) is 1. The first kappa shape index (κ1) is 10.6. The molecule has 0 saturated carbocycles. The predicted molar refractivity (Wildman–Crippen MR) is 51.6 cm³/mol. The van der Waals surface area contributed by atoms with E-state index in [1.54, 1.807) is 0 Å². The van der Waals surface area contributed by atoms with Crippen molar-refractivity contribution < 1.29 is 4.79 Å². The fraction of sp³-hybridized carbons (Fsp3) is 0.889. The molecule has 3 N–H and O–H groups in total. The van der Waals surface area contributed by atoms with Gasteiger partial charge in [-0.3, -0.25) is 4.79 Å². The molecule has 1 radical (unpaired) electrons. The van der Waals surface area contributed by atoms with Crippen LogP contribution in [0.1, 0.15) is 19.3 Å². The van der Waals surface area contributed by atoms with Crippen LogP contribution in [-0.4, -0.2) is 38.0 Å². The molecule has 75 valence electrons. The van der Waals surface area contributed by atoms with Crippen molar-refractivity contribution in [2.24, 2.45) is 5.73 Å². The maximum absolute atomic E-state index is 11.1. The summed E-state index contributed by atoms with van der Waals surface area (Å²) in [4.78, 5) is 11.1. The van der Waals surface area contributed by atoms with Gasteiger partial charge in [-0.2, -0.15) is 0 Å². The average molecular weight is 184 g/mol. The highest BCUT2D eigenvalue weighted by Gasteiger charge is 2.14. The Kier molecular flexibility index (Phi) is 4.97. The van der Waals surface area contributed by atoms with E-state index in [9.17, 15) is 4.79 Å². The summed E-state index contributed by atoms with van der Waals surface area (Å²) in [5.41, 5.74) is 5.27. The summed E-state index contributed by atoms with van der Waals surface area (Å²) in [5, 5.41) is 7.55. The summed E-state index contributed by atoms with van der Waals surface area (Å²) in [6.07, 6.45) is 2.23. The van der Waals surface area contributed by atoms with Crippen molar-refractivity contribution in [3.05, 3.63) is 0 Å². The highest BCUT2D eigenvalue weighted by atomic mass is 16.1. The average Bonchev–Trinajstić information content (AvgIpc) is 2.57. The zero-order chi connectivity index (χ0) is 9.52. The highest BCUT2D eigenvalue weighted by molar-refractivity contribution is 5.78. The van der Waals surface area contributed by atoms with E-state index in [0.717, 1.165) is 26.1 Å². The summed E-state index contributed by atoms with van der Waals surface area (Å²) in [6, 6.07) is 0.505. The summed E-state index contributed by atoms with van der Waals surface area (Å²) >= 11 is 0. The van der Waals surface area contributed by atoms with Crippen LogP contribution in [0.4, 0.5) is 0 Å². The minimum Gasteiger partial charge on any atom is -0.330 e. The van der Waals surface area contributed by atoms with E-state index in [1.807, 2.05) is 0 Å². The van der Waals surface area contributed by atoms with Crippen LogP contribution in [0.15, 0.2) is 0 Å². The van der Waals surface area contributed by atoms with Crippen molar-refractivity contribution in [2.75, 3.05) is 26.2 Å². The third-order valence-electron chi connectivity index (χ3n) is 2.25. The summed E-state index contributed by atoms with van der Waals surface area (Å²) in [6.45, 7) is 3.12. The molecule has 0 bridgehead atoms. The lowest BCUT2D eigenvalue weighted by Gasteiger charge is -2.09. The summed E-state index contributed by atoms with van der Waals surface area (Å²) < 4.78 is 0. The van der Waals surface area contributed by atoms with Gasteiger partial charge in [0.25, 0.3) is 0 Å². The predicted octanol–water partition coefficient (Wildman–Crippen LogP) is -0.739. The number of Topliss-reactive ketones (excluding diaryl/α,β-unsaturated/α-hetero) is 1. The lowest BCUT2D eigenvalue weighted by atomic mass is 10.2. The van der Waals surface area contributed by atoms with Crippen LogP contribution < -0.4 is 16.4 Å². The molecule has 1 atom stereocenters. The SMILES string of the molecule is NCCC(=O)CCNC1CC[N]C1. The van der Waals surface area contributed by atoms with E-state index in [2.05, 4.69) is 10.6 Å². The second kappa shape index (κ2) is 6.07. The Bertz CT molecular complexity index is 155. The molecule has 13 heavy (non-hydrogen) atoms. The molecule has 0 amide bonds. The molecule has 1 unspecified atom stereocenters. The normalized spacial score (nSPS) is 22.1. The van der Waals surface area contributed by atoms with Crippen LogP contribution in [0.5, 0.6) is 0 Å². The molecule has 1 aliphatic rings. The Morgan fingerprint density at radius 3 is 3.00 bits per heavy atom. The minimum atomic E-state index is 0.255. The van der Waals surface area contributed by atoms with E-state index in [1.165, 1.54) is 0 Å². The molecule has 4 heteroatoms. The van der Waals surface area contributed by atoms with E-state index >= 15 is 0 Å². The van der Waals surface area contributed by atoms with Gasteiger partial charge >= 0.3 is 0 Å². The van der Waals surface area contributed by atoms with Gasteiger partial charge in [-0.25, -0.2) is 5.32 Å². The number of rotatable bonds is 6. The number of nitrogens with two attached hydrogens (primary N) is 1. The van der Waals surface area contributed by atoms with Crippen molar-refractivity contribution in [3.63, 3.8) is 0 Å². The maximum Gasteiger partial charge on any atom is 0.135 e. The third kappa shape index (κ3) is 4.36.